The van der Waals surface area contributed by atoms with Crippen LogP contribution in [0.3, 0.4) is 0 Å². The number of hydrogen-bond donors (Lipinski definition) is 4. The fourth-order valence-corrected chi connectivity index (χ4v) is 9.08. The molecule has 5 amide bonds. The van der Waals surface area contributed by atoms with Crippen molar-refractivity contribution < 1.29 is 32.4 Å². The number of hydrogen-bond acceptors (Lipinski definition) is 7. The Morgan fingerprint density at radius 3 is 1.98 bits per heavy atom. The molecule has 5 N–H and O–H groups in total. The molecule has 1 aliphatic heterocycles. The Morgan fingerprint density at radius 1 is 0.870 bits per heavy atom. The van der Waals surface area contributed by atoms with Crippen molar-refractivity contribution in [2.24, 2.45) is 28.9 Å². The van der Waals surface area contributed by atoms with Crippen LogP contribution in [0.5, 0.6) is 0 Å². The molecule has 0 aromatic heterocycles. The van der Waals surface area contributed by atoms with Gasteiger partial charge in [-0.3, -0.25) is 19.2 Å². The summed E-state index contributed by atoms with van der Waals surface area (Å²) in [5, 5.41) is 7.74. The van der Waals surface area contributed by atoms with Gasteiger partial charge in [-0.15, -0.1) is 0 Å². The molecular weight excluding hydrogens is 610 g/mol. The highest BCUT2D eigenvalue weighted by Gasteiger charge is 2.48. The first kappa shape index (κ1) is 37.8. The molecule has 0 aromatic carbocycles. The van der Waals surface area contributed by atoms with Gasteiger partial charge in [0.25, 0.3) is 5.91 Å². The van der Waals surface area contributed by atoms with Gasteiger partial charge in [0, 0.05) is 12.6 Å². The number of nitrogens with two attached hydrogens (primary N) is 1. The number of rotatable bonds is 11. The lowest BCUT2D eigenvalue weighted by molar-refractivity contribution is -0.144. The monoisotopic (exact) mass is 667 g/mol. The number of primary amides is 1. The summed E-state index contributed by atoms with van der Waals surface area (Å²) in [5.74, 6) is -2.88. The number of nitrogens with zero attached hydrogens (tertiary/aromatic N) is 1. The summed E-state index contributed by atoms with van der Waals surface area (Å²) in [5.41, 5.74) is 4.56. The van der Waals surface area contributed by atoms with Gasteiger partial charge in [-0.05, 0) is 69.6 Å². The molecule has 0 radical (unpaired) electrons. The van der Waals surface area contributed by atoms with E-state index in [9.17, 15) is 32.4 Å². The van der Waals surface area contributed by atoms with Gasteiger partial charge >= 0.3 is 6.03 Å². The number of urea groups is 1. The fourth-order valence-electron chi connectivity index (χ4n) is 7.06. The van der Waals surface area contributed by atoms with Gasteiger partial charge in [-0.25, -0.2) is 13.2 Å². The van der Waals surface area contributed by atoms with Crippen molar-refractivity contribution in [3.63, 3.8) is 0 Å². The van der Waals surface area contributed by atoms with Gasteiger partial charge in [-0.1, -0.05) is 66.7 Å². The zero-order valence-corrected chi connectivity index (χ0v) is 29.8. The standard InChI is InChI=1S/C33H57N5O7S/c1-19(2)21-16-17-38(25(21)29(41)35-23(26(39)28(34)40)18-20-12-11-13-20)30(42)27(32(3,4)5)37-31(43)36-22-14-9-10-15-24(22)46(44,45)33(6,7)8/h19-25,27H,9-18H2,1-8H3,(H2,34,40)(H,35,41)(H2,36,37,43)/t21-,22+,23?,24-,25+,27-/m1/s1. The largest absolute Gasteiger partial charge is 0.363 e. The fraction of sp³-hybridized carbons (Fsp3) is 0.848. The molecule has 1 saturated heterocycles. The first-order valence-corrected chi connectivity index (χ1v) is 18.5. The highest BCUT2D eigenvalue weighted by Crippen LogP contribution is 2.35. The average molecular weight is 668 g/mol. The van der Waals surface area contributed by atoms with E-state index in [1.54, 1.807) is 20.8 Å². The van der Waals surface area contributed by atoms with Crippen molar-refractivity contribution in [1.29, 1.82) is 0 Å². The second kappa shape index (κ2) is 14.6. The van der Waals surface area contributed by atoms with Gasteiger partial charge in [0.1, 0.15) is 12.1 Å². The Kier molecular flexibility index (Phi) is 12.0. The summed E-state index contributed by atoms with van der Waals surface area (Å²) in [7, 11) is -3.55. The smallest absolute Gasteiger partial charge is 0.315 e. The van der Waals surface area contributed by atoms with Gasteiger partial charge in [0.15, 0.2) is 9.84 Å². The number of sulfone groups is 1. The van der Waals surface area contributed by atoms with Crippen molar-refractivity contribution in [2.45, 2.75) is 147 Å². The van der Waals surface area contributed by atoms with E-state index in [0.717, 1.165) is 32.1 Å². The maximum Gasteiger partial charge on any atom is 0.315 e. The van der Waals surface area contributed by atoms with Crippen LogP contribution in [0.15, 0.2) is 0 Å². The summed E-state index contributed by atoms with van der Waals surface area (Å²) in [6.07, 6.45) is 6.21. The van der Waals surface area contributed by atoms with Gasteiger partial charge in [-0.2, -0.15) is 0 Å². The summed E-state index contributed by atoms with van der Waals surface area (Å²) in [6.45, 7) is 14.6. The number of ketones is 1. The number of nitrogens with one attached hydrogen (secondary N) is 3. The van der Waals surface area contributed by atoms with E-state index < -0.39 is 79.0 Å². The topological polar surface area (TPSA) is 185 Å². The maximum absolute atomic E-state index is 14.3. The van der Waals surface area contributed by atoms with E-state index in [0.29, 0.717) is 25.7 Å². The van der Waals surface area contributed by atoms with Crippen molar-refractivity contribution in [3.05, 3.63) is 0 Å². The number of likely N-dealkylation sites (tertiary alicyclic amines) is 1. The minimum Gasteiger partial charge on any atom is -0.363 e. The van der Waals surface area contributed by atoms with Crippen molar-refractivity contribution in [3.8, 4) is 0 Å². The molecule has 3 rings (SSSR count). The van der Waals surface area contributed by atoms with Crippen LogP contribution in [0.25, 0.3) is 0 Å². The predicted octanol–water partition coefficient (Wildman–Crippen LogP) is 2.83. The molecular formula is C33H57N5O7S. The minimum atomic E-state index is -3.55. The lowest BCUT2D eigenvalue weighted by Gasteiger charge is -2.39. The van der Waals surface area contributed by atoms with Crippen LogP contribution in [-0.4, -0.2) is 83.6 Å². The predicted molar refractivity (Wildman–Crippen MR) is 176 cm³/mol. The normalized spacial score (nSPS) is 25.7. The van der Waals surface area contributed by atoms with Crippen molar-refractivity contribution in [2.75, 3.05) is 6.54 Å². The molecule has 0 bridgehead atoms. The quantitative estimate of drug-likeness (QED) is 0.244. The van der Waals surface area contributed by atoms with Gasteiger partial charge < -0.3 is 26.6 Å². The Labute approximate surface area is 275 Å². The van der Waals surface area contributed by atoms with Crippen molar-refractivity contribution in [1.82, 2.24) is 20.9 Å². The number of Topliss-reactive ketones (excluding diaryl/α,β-unsaturated/α-hetero) is 1. The molecule has 2 aliphatic carbocycles. The molecule has 3 fully saturated rings. The molecule has 262 valence electrons. The molecule has 3 aliphatic rings. The van der Waals surface area contributed by atoms with E-state index in [-0.39, 0.29) is 24.3 Å². The van der Waals surface area contributed by atoms with Crippen LogP contribution in [0, 0.1) is 23.2 Å². The summed E-state index contributed by atoms with van der Waals surface area (Å²) < 4.78 is 25.8. The first-order chi connectivity index (χ1) is 21.2. The van der Waals surface area contributed by atoms with E-state index >= 15 is 0 Å². The Hall–Kier alpha value is -2.70. The molecule has 6 atom stereocenters. The van der Waals surface area contributed by atoms with Crippen LogP contribution < -0.4 is 21.7 Å². The lowest BCUT2D eigenvalue weighted by Crippen LogP contribution is -2.62. The highest BCUT2D eigenvalue weighted by molar-refractivity contribution is 7.93. The third-order valence-electron chi connectivity index (χ3n) is 10.2. The summed E-state index contributed by atoms with van der Waals surface area (Å²) in [6, 6.07) is -4.24. The van der Waals surface area contributed by atoms with E-state index in [1.807, 2.05) is 34.6 Å². The molecule has 0 spiro atoms. The Bertz CT molecular complexity index is 1270. The highest BCUT2D eigenvalue weighted by atomic mass is 32.2. The summed E-state index contributed by atoms with van der Waals surface area (Å²) in [4.78, 5) is 67.7. The number of carbonyl (C=O) groups excluding carboxylic acids is 5. The maximum atomic E-state index is 14.3. The number of amides is 5. The SMILES string of the molecule is CC(C)[C@H]1CCN(C(=O)[C@@H](NC(=O)N[C@H]2CCCC[C@H]2S(=O)(=O)C(C)(C)C)C(C)(C)C)[C@@H]1C(=O)NC(CC1CCC1)C(=O)C(N)=O. The molecule has 1 unspecified atom stereocenters. The third kappa shape index (κ3) is 8.60. The molecule has 46 heavy (non-hydrogen) atoms. The van der Waals surface area contributed by atoms with Crippen molar-refractivity contribution >= 4 is 39.4 Å². The van der Waals surface area contributed by atoms with Crippen LogP contribution in [0.4, 0.5) is 4.79 Å². The second-order valence-electron chi connectivity index (χ2n) is 16.0. The van der Waals surface area contributed by atoms with Crippen LogP contribution in [0.2, 0.25) is 0 Å². The van der Waals surface area contributed by atoms with Crippen LogP contribution in [0.1, 0.15) is 113 Å². The zero-order valence-electron chi connectivity index (χ0n) is 29.0. The first-order valence-electron chi connectivity index (χ1n) is 16.9. The second-order valence-corrected chi connectivity index (χ2v) is 18.9. The van der Waals surface area contributed by atoms with E-state index in [2.05, 4.69) is 16.0 Å². The van der Waals surface area contributed by atoms with E-state index in [4.69, 9.17) is 5.73 Å². The molecule has 0 aromatic rings. The Morgan fingerprint density at radius 2 is 1.48 bits per heavy atom. The third-order valence-corrected chi connectivity index (χ3v) is 13.3. The number of carbonyl (C=O) groups is 5. The molecule has 13 heteroatoms. The average Bonchev–Trinajstić information content (AvgIpc) is 3.37. The van der Waals surface area contributed by atoms with Gasteiger partial charge in [0.05, 0.1) is 16.0 Å². The Balaban J connectivity index is 1.83. The zero-order chi connectivity index (χ0) is 34.8. The lowest BCUT2D eigenvalue weighted by atomic mass is 9.80. The molecule has 2 saturated carbocycles. The van der Waals surface area contributed by atoms with Crippen LogP contribution in [-0.2, 0) is 29.0 Å². The minimum absolute atomic E-state index is 0.0304. The summed E-state index contributed by atoms with van der Waals surface area (Å²) >= 11 is 0. The molecule has 12 nitrogen and oxygen atoms in total. The van der Waals surface area contributed by atoms with Crippen LogP contribution >= 0.6 is 0 Å². The van der Waals surface area contributed by atoms with Gasteiger partial charge in [0.2, 0.25) is 17.6 Å². The van der Waals surface area contributed by atoms with E-state index in [1.165, 1.54) is 4.90 Å². The molecule has 1 heterocycles.